The number of fused-ring (bicyclic) bond motifs is 1. The highest BCUT2D eigenvalue weighted by molar-refractivity contribution is 6.22. The number of carbonyl (C=O) groups is 4. The minimum absolute atomic E-state index is 0.108. The van der Waals surface area contributed by atoms with Gasteiger partial charge in [0.15, 0.2) is 0 Å². The Labute approximate surface area is 138 Å². The van der Waals surface area contributed by atoms with E-state index in [1.54, 1.807) is 24.3 Å². The molecule has 0 saturated carbocycles. The van der Waals surface area contributed by atoms with E-state index in [0.29, 0.717) is 24.0 Å². The first-order valence-corrected chi connectivity index (χ1v) is 7.87. The van der Waals surface area contributed by atoms with E-state index in [9.17, 15) is 19.2 Å². The summed E-state index contributed by atoms with van der Waals surface area (Å²) in [6.45, 7) is 1.60. The quantitative estimate of drug-likeness (QED) is 0.834. The van der Waals surface area contributed by atoms with E-state index >= 15 is 0 Å². The molecule has 1 saturated heterocycles. The van der Waals surface area contributed by atoms with Crippen molar-refractivity contribution >= 4 is 23.7 Å². The monoisotopic (exact) mass is 330 g/mol. The minimum atomic E-state index is -0.930. The third-order valence-corrected chi connectivity index (χ3v) is 4.72. The molecule has 7 heteroatoms. The maximum absolute atomic E-state index is 12.6. The summed E-state index contributed by atoms with van der Waals surface area (Å²) < 4.78 is 0. The molecule has 0 spiro atoms. The van der Waals surface area contributed by atoms with Crippen molar-refractivity contribution < 1.29 is 24.3 Å². The van der Waals surface area contributed by atoms with Gasteiger partial charge in [-0.05, 0) is 31.9 Å². The molecule has 2 unspecified atom stereocenters. The van der Waals surface area contributed by atoms with Crippen LogP contribution in [0.15, 0.2) is 24.3 Å². The first kappa shape index (κ1) is 16.2. The van der Waals surface area contributed by atoms with Crippen molar-refractivity contribution in [2.45, 2.75) is 25.8 Å². The summed E-state index contributed by atoms with van der Waals surface area (Å²) in [7, 11) is 0. The number of amides is 3. The van der Waals surface area contributed by atoms with Crippen LogP contribution in [-0.2, 0) is 9.59 Å². The van der Waals surface area contributed by atoms with Crippen LogP contribution in [0, 0.1) is 5.92 Å². The third kappa shape index (κ3) is 2.66. The van der Waals surface area contributed by atoms with Gasteiger partial charge in [0.05, 0.1) is 17.0 Å². The van der Waals surface area contributed by atoms with Crippen molar-refractivity contribution in [2.75, 3.05) is 13.1 Å². The summed E-state index contributed by atoms with van der Waals surface area (Å²) in [4.78, 5) is 50.8. The summed E-state index contributed by atoms with van der Waals surface area (Å²) >= 11 is 0. The number of hydrogen-bond acceptors (Lipinski definition) is 4. The van der Waals surface area contributed by atoms with Crippen LogP contribution in [-0.4, -0.2) is 57.7 Å². The zero-order valence-corrected chi connectivity index (χ0v) is 13.3. The fraction of sp³-hybridized carbons (Fsp3) is 0.412. The summed E-state index contributed by atoms with van der Waals surface area (Å²) in [5.41, 5.74) is 0.593. The van der Waals surface area contributed by atoms with Crippen LogP contribution >= 0.6 is 0 Å². The molecule has 2 heterocycles. The van der Waals surface area contributed by atoms with Crippen LogP contribution in [0.5, 0.6) is 0 Å². The van der Waals surface area contributed by atoms with Gasteiger partial charge in [-0.15, -0.1) is 0 Å². The highest BCUT2D eigenvalue weighted by Gasteiger charge is 2.39. The van der Waals surface area contributed by atoms with Gasteiger partial charge >= 0.3 is 5.97 Å². The first-order chi connectivity index (χ1) is 11.4. The second-order valence-corrected chi connectivity index (χ2v) is 6.25. The van der Waals surface area contributed by atoms with E-state index in [1.165, 1.54) is 4.90 Å². The molecular formula is C17H18N2O5. The van der Waals surface area contributed by atoms with Crippen molar-refractivity contribution in [1.29, 1.82) is 0 Å². The molecule has 1 aromatic rings. The Hall–Kier alpha value is -2.70. The van der Waals surface area contributed by atoms with E-state index in [1.807, 2.05) is 6.92 Å². The van der Waals surface area contributed by atoms with Gasteiger partial charge in [-0.1, -0.05) is 12.1 Å². The van der Waals surface area contributed by atoms with Gasteiger partial charge < -0.3 is 10.0 Å². The average molecular weight is 330 g/mol. The fourth-order valence-electron chi connectivity index (χ4n) is 3.26. The Kier molecular flexibility index (Phi) is 4.09. The average Bonchev–Trinajstić information content (AvgIpc) is 2.80. The Morgan fingerprint density at radius 2 is 1.71 bits per heavy atom. The van der Waals surface area contributed by atoms with Crippen molar-refractivity contribution in [2.24, 2.45) is 5.92 Å². The summed E-state index contributed by atoms with van der Waals surface area (Å²) in [6, 6.07) is 6.34. The molecule has 1 fully saturated rings. The number of benzene rings is 1. The van der Waals surface area contributed by atoms with Crippen molar-refractivity contribution in [1.82, 2.24) is 9.80 Å². The van der Waals surface area contributed by atoms with E-state index in [0.717, 1.165) is 4.90 Å². The Bertz CT molecular complexity index is 694. The van der Waals surface area contributed by atoms with Gasteiger partial charge in [-0.2, -0.15) is 0 Å². The van der Waals surface area contributed by atoms with Crippen LogP contribution in [0.25, 0.3) is 0 Å². The zero-order chi connectivity index (χ0) is 17.4. The van der Waals surface area contributed by atoms with Crippen molar-refractivity contribution in [3.8, 4) is 0 Å². The molecule has 1 N–H and O–H groups in total. The topological polar surface area (TPSA) is 95.0 Å². The lowest BCUT2D eigenvalue weighted by Crippen LogP contribution is -2.51. The number of likely N-dealkylation sites (tertiary alicyclic amines) is 1. The molecule has 7 nitrogen and oxygen atoms in total. The smallest absolute Gasteiger partial charge is 0.308 e. The van der Waals surface area contributed by atoms with E-state index < -0.39 is 29.6 Å². The van der Waals surface area contributed by atoms with E-state index in [-0.39, 0.29) is 19.1 Å². The molecule has 126 valence electrons. The van der Waals surface area contributed by atoms with Gasteiger partial charge in [0, 0.05) is 12.6 Å². The molecule has 0 radical (unpaired) electrons. The molecule has 0 aromatic heterocycles. The number of hydrogen-bond donors (Lipinski definition) is 1. The second-order valence-electron chi connectivity index (χ2n) is 6.25. The Balaban J connectivity index is 1.74. The van der Waals surface area contributed by atoms with Gasteiger partial charge in [-0.3, -0.25) is 24.1 Å². The molecule has 1 aromatic carbocycles. The normalized spacial score (nSPS) is 23.4. The molecule has 3 rings (SSSR count). The number of carboxylic acid groups (broad SMARTS) is 1. The number of piperidine rings is 1. The third-order valence-electron chi connectivity index (χ3n) is 4.72. The minimum Gasteiger partial charge on any atom is -0.481 e. The molecule has 0 bridgehead atoms. The lowest BCUT2D eigenvalue weighted by Gasteiger charge is -2.37. The lowest BCUT2D eigenvalue weighted by molar-refractivity contribution is -0.147. The molecule has 2 aliphatic heterocycles. The van der Waals surface area contributed by atoms with Crippen LogP contribution < -0.4 is 0 Å². The van der Waals surface area contributed by atoms with Crippen LogP contribution in [0.1, 0.15) is 40.5 Å². The maximum Gasteiger partial charge on any atom is 0.308 e. The number of carboxylic acids is 1. The molecule has 24 heavy (non-hydrogen) atoms. The number of rotatable bonds is 3. The van der Waals surface area contributed by atoms with Gasteiger partial charge in [0.25, 0.3) is 11.8 Å². The summed E-state index contributed by atoms with van der Waals surface area (Å²) in [5, 5.41) is 9.15. The van der Waals surface area contributed by atoms with Crippen LogP contribution in [0.2, 0.25) is 0 Å². The summed E-state index contributed by atoms with van der Waals surface area (Å²) in [5.74, 6) is -2.90. The number of carbonyl (C=O) groups excluding carboxylic acids is 3. The van der Waals surface area contributed by atoms with E-state index in [2.05, 4.69) is 0 Å². The van der Waals surface area contributed by atoms with Crippen LogP contribution in [0.3, 0.4) is 0 Å². The lowest BCUT2D eigenvalue weighted by atomic mass is 9.93. The second kappa shape index (κ2) is 6.07. The standard InChI is InChI=1S/C17H18N2O5/c1-10-6-7-11(17(23)24)8-18(10)14(20)9-19-15(21)12-4-2-3-5-13(12)16(19)22/h2-5,10-11H,6-9H2,1H3,(H,23,24). The highest BCUT2D eigenvalue weighted by Crippen LogP contribution is 2.25. The Morgan fingerprint density at radius 1 is 1.12 bits per heavy atom. The highest BCUT2D eigenvalue weighted by atomic mass is 16.4. The van der Waals surface area contributed by atoms with Gasteiger partial charge in [0.2, 0.25) is 5.91 Å². The molecule has 0 aliphatic carbocycles. The molecule has 3 amide bonds. The van der Waals surface area contributed by atoms with Gasteiger partial charge in [-0.25, -0.2) is 0 Å². The molecule has 2 aliphatic rings. The predicted molar refractivity (Wildman–Crippen MR) is 83.3 cm³/mol. The van der Waals surface area contributed by atoms with Gasteiger partial charge in [0.1, 0.15) is 6.54 Å². The van der Waals surface area contributed by atoms with Crippen molar-refractivity contribution in [3.05, 3.63) is 35.4 Å². The summed E-state index contributed by atoms with van der Waals surface area (Å²) in [6.07, 6.45) is 1.11. The Morgan fingerprint density at radius 3 is 2.25 bits per heavy atom. The predicted octanol–water partition coefficient (Wildman–Crippen LogP) is 0.994. The number of nitrogens with zero attached hydrogens (tertiary/aromatic N) is 2. The van der Waals surface area contributed by atoms with Crippen molar-refractivity contribution in [3.63, 3.8) is 0 Å². The first-order valence-electron chi connectivity index (χ1n) is 7.87. The van der Waals surface area contributed by atoms with E-state index in [4.69, 9.17) is 5.11 Å². The fourth-order valence-corrected chi connectivity index (χ4v) is 3.26. The van der Waals surface area contributed by atoms with Crippen LogP contribution in [0.4, 0.5) is 0 Å². The largest absolute Gasteiger partial charge is 0.481 e. The molecule has 2 atom stereocenters. The zero-order valence-electron chi connectivity index (χ0n) is 13.3. The molecular weight excluding hydrogens is 312 g/mol. The number of imide groups is 1. The SMILES string of the molecule is CC1CCC(C(=O)O)CN1C(=O)CN1C(=O)c2ccccc2C1=O. The maximum atomic E-state index is 12.6. The number of aliphatic carboxylic acids is 1.